The van der Waals surface area contributed by atoms with Crippen molar-refractivity contribution < 1.29 is 29.0 Å². The van der Waals surface area contributed by atoms with Gasteiger partial charge in [0.2, 0.25) is 0 Å². The van der Waals surface area contributed by atoms with Crippen LogP contribution in [0.5, 0.6) is 0 Å². The van der Waals surface area contributed by atoms with Gasteiger partial charge < -0.3 is 25.2 Å². The Kier molecular flexibility index (Phi) is 7.12. The molecule has 0 fully saturated rings. The topological polar surface area (TPSA) is 114 Å². The molecule has 2 aliphatic carbocycles. The number of hydrogen-bond donors (Lipinski definition) is 3. The van der Waals surface area contributed by atoms with Gasteiger partial charge in [-0.25, -0.2) is 14.4 Å². The minimum atomic E-state index is -1.40. The zero-order chi connectivity index (χ0) is 28.3. The van der Waals surface area contributed by atoms with Crippen molar-refractivity contribution in [3.63, 3.8) is 0 Å². The third kappa shape index (κ3) is 5.12. The summed E-state index contributed by atoms with van der Waals surface area (Å²) in [6.07, 6.45) is -1.65. The zero-order valence-electron chi connectivity index (χ0n) is 22.1. The van der Waals surface area contributed by atoms with Crippen LogP contribution >= 0.6 is 0 Å². The standard InChI is InChI=1S/C33H28N2O6/c36-31(37)30(35-33(39)41-19-29-26-15-7-3-11-22(26)23-12-4-8-16-27(23)29)17-34-32(38)40-18-28-24-13-5-1-9-20(24)21-10-2-6-14-25(21)28/h1-16,28-30H,17-19H2,(H,34,38)(H,35,39)(H,36,37). The summed E-state index contributed by atoms with van der Waals surface area (Å²) in [4.78, 5) is 36.9. The second-order valence-corrected chi connectivity index (χ2v) is 10.1. The van der Waals surface area contributed by atoms with E-state index in [-0.39, 0.29) is 31.6 Å². The maximum absolute atomic E-state index is 12.6. The van der Waals surface area contributed by atoms with Crippen LogP contribution in [0.2, 0.25) is 0 Å². The highest BCUT2D eigenvalue weighted by molar-refractivity contribution is 5.82. The summed E-state index contributed by atoms with van der Waals surface area (Å²) < 4.78 is 10.9. The molecule has 0 aromatic heterocycles. The van der Waals surface area contributed by atoms with Gasteiger partial charge in [-0.05, 0) is 44.5 Å². The quantitative estimate of drug-likeness (QED) is 0.267. The number of fused-ring (bicyclic) bond motifs is 6. The maximum Gasteiger partial charge on any atom is 0.407 e. The molecule has 0 saturated heterocycles. The summed E-state index contributed by atoms with van der Waals surface area (Å²) >= 11 is 0. The Bertz CT molecular complexity index is 1540. The molecule has 0 spiro atoms. The fourth-order valence-corrected chi connectivity index (χ4v) is 5.82. The van der Waals surface area contributed by atoms with E-state index < -0.39 is 24.2 Å². The van der Waals surface area contributed by atoms with Crippen molar-refractivity contribution in [1.29, 1.82) is 0 Å². The fraction of sp³-hybridized carbons (Fsp3) is 0.182. The minimum absolute atomic E-state index is 0.0476. The van der Waals surface area contributed by atoms with E-state index in [9.17, 15) is 19.5 Å². The lowest BCUT2D eigenvalue weighted by Crippen LogP contribution is -2.48. The number of carbonyl (C=O) groups excluding carboxylic acids is 2. The number of carboxylic acid groups (broad SMARTS) is 1. The monoisotopic (exact) mass is 548 g/mol. The van der Waals surface area contributed by atoms with Gasteiger partial charge in [0.05, 0.1) is 6.54 Å². The van der Waals surface area contributed by atoms with E-state index in [0.29, 0.717) is 0 Å². The first-order valence-electron chi connectivity index (χ1n) is 13.4. The zero-order valence-corrected chi connectivity index (χ0v) is 22.1. The second kappa shape index (κ2) is 11.2. The Morgan fingerprint density at radius 3 is 1.37 bits per heavy atom. The molecule has 3 N–H and O–H groups in total. The average Bonchev–Trinajstić information content (AvgIpc) is 3.49. The van der Waals surface area contributed by atoms with Crippen molar-refractivity contribution in [2.24, 2.45) is 0 Å². The maximum atomic E-state index is 12.6. The number of hydrogen-bond acceptors (Lipinski definition) is 5. The first-order chi connectivity index (χ1) is 20.0. The first kappa shape index (κ1) is 26.1. The largest absolute Gasteiger partial charge is 0.480 e. The molecule has 0 bridgehead atoms. The molecule has 4 aromatic carbocycles. The number of nitrogens with one attached hydrogen (secondary N) is 2. The Morgan fingerprint density at radius 2 is 0.976 bits per heavy atom. The van der Waals surface area contributed by atoms with Gasteiger partial charge in [-0.15, -0.1) is 0 Å². The molecule has 6 rings (SSSR count). The number of aliphatic carboxylic acids is 1. The molecule has 0 saturated carbocycles. The van der Waals surface area contributed by atoms with Gasteiger partial charge >= 0.3 is 18.2 Å². The van der Waals surface area contributed by atoms with Crippen molar-refractivity contribution in [3.8, 4) is 22.3 Å². The van der Waals surface area contributed by atoms with Crippen molar-refractivity contribution >= 4 is 18.2 Å². The second-order valence-electron chi connectivity index (χ2n) is 10.1. The summed E-state index contributed by atoms with van der Waals surface area (Å²) in [5.41, 5.74) is 8.64. The molecule has 1 atom stereocenters. The molecule has 0 heterocycles. The van der Waals surface area contributed by atoms with Crippen molar-refractivity contribution in [2.75, 3.05) is 19.8 Å². The van der Waals surface area contributed by atoms with Gasteiger partial charge in [-0.1, -0.05) is 97.1 Å². The van der Waals surface area contributed by atoms with Crippen LogP contribution in [0.4, 0.5) is 9.59 Å². The van der Waals surface area contributed by atoms with Crippen LogP contribution in [-0.4, -0.2) is 49.1 Å². The number of alkyl carbamates (subject to hydrolysis) is 2. The Hall–Kier alpha value is -5.11. The highest BCUT2D eigenvalue weighted by Gasteiger charge is 2.31. The highest BCUT2D eigenvalue weighted by atomic mass is 16.6. The number of ether oxygens (including phenoxy) is 2. The smallest absolute Gasteiger partial charge is 0.407 e. The van der Waals surface area contributed by atoms with Gasteiger partial charge in [0.1, 0.15) is 19.3 Å². The van der Waals surface area contributed by atoms with Crippen LogP contribution < -0.4 is 10.6 Å². The van der Waals surface area contributed by atoms with E-state index in [1.807, 2.05) is 97.1 Å². The Labute approximate surface area is 236 Å². The van der Waals surface area contributed by atoms with E-state index >= 15 is 0 Å². The molecular weight excluding hydrogens is 520 g/mol. The van der Waals surface area contributed by atoms with Gasteiger partial charge in [-0.2, -0.15) is 0 Å². The van der Waals surface area contributed by atoms with E-state index in [1.165, 1.54) is 0 Å². The summed E-state index contributed by atoms with van der Waals surface area (Å²) in [5.74, 6) is -1.59. The Morgan fingerprint density at radius 1 is 0.610 bits per heavy atom. The van der Waals surface area contributed by atoms with Crippen LogP contribution in [0.15, 0.2) is 97.1 Å². The van der Waals surface area contributed by atoms with Crippen molar-refractivity contribution in [2.45, 2.75) is 17.9 Å². The Balaban J connectivity index is 1.02. The van der Waals surface area contributed by atoms with Gasteiger partial charge in [0.15, 0.2) is 0 Å². The molecule has 2 aliphatic rings. The SMILES string of the molecule is O=C(NCC(NC(=O)OCC1c2ccccc2-c2ccccc21)C(=O)O)OCC1c2ccccc2-c2ccccc21. The summed E-state index contributed by atoms with van der Waals surface area (Å²) in [5, 5.41) is 14.4. The predicted molar refractivity (Wildman–Crippen MR) is 153 cm³/mol. The molecule has 8 heteroatoms. The van der Waals surface area contributed by atoms with Crippen LogP contribution in [0.1, 0.15) is 34.1 Å². The molecule has 0 radical (unpaired) electrons. The molecule has 2 amide bonds. The number of amides is 2. The van der Waals surface area contributed by atoms with Crippen LogP contribution in [0.25, 0.3) is 22.3 Å². The molecular formula is C33H28N2O6. The van der Waals surface area contributed by atoms with Crippen LogP contribution in [0, 0.1) is 0 Å². The van der Waals surface area contributed by atoms with Crippen molar-refractivity contribution in [3.05, 3.63) is 119 Å². The summed E-state index contributed by atoms with van der Waals surface area (Å²) in [6.45, 7) is -0.223. The van der Waals surface area contributed by atoms with Crippen LogP contribution in [-0.2, 0) is 14.3 Å². The average molecular weight is 549 g/mol. The van der Waals surface area contributed by atoms with E-state index in [0.717, 1.165) is 44.5 Å². The van der Waals surface area contributed by atoms with E-state index in [1.54, 1.807) is 0 Å². The normalized spacial score (nSPS) is 13.8. The minimum Gasteiger partial charge on any atom is -0.480 e. The first-order valence-corrected chi connectivity index (χ1v) is 13.4. The van der Waals surface area contributed by atoms with Gasteiger partial charge in [0.25, 0.3) is 0 Å². The predicted octanol–water partition coefficient (Wildman–Crippen LogP) is 5.52. The van der Waals surface area contributed by atoms with Gasteiger partial charge in [-0.3, -0.25) is 0 Å². The van der Waals surface area contributed by atoms with Crippen molar-refractivity contribution in [1.82, 2.24) is 10.6 Å². The lowest BCUT2D eigenvalue weighted by Gasteiger charge is -2.18. The third-order valence-corrected chi connectivity index (χ3v) is 7.73. The van der Waals surface area contributed by atoms with E-state index in [4.69, 9.17) is 9.47 Å². The van der Waals surface area contributed by atoms with E-state index in [2.05, 4.69) is 10.6 Å². The number of carbonyl (C=O) groups is 3. The molecule has 8 nitrogen and oxygen atoms in total. The number of benzene rings is 4. The number of rotatable bonds is 8. The molecule has 0 aliphatic heterocycles. The lowest BCUT2D eigenvalue weighted by molar-refractivity contribution is -0.139. The summed E-state index contributed by atoms with van der Waals surface area (Å²) in [6, 6.07) is 30.4. The van der Waals surface area contributed by atoms with Gasteiger partial charge in [0, 0.05) is 11.8 Å². The summed E-state index contributed by atoms with van der Waals surface area (Å²) in [7, 11) is 0. The molecule has 4 aromatic rings. The lowest BCUT2D eigenvalue weighted by atomic mass is 9.98. The highest BCUT2D eigenvalue weighted by Crippen LogP contribution is 2.45. The molecule has 1 unspecified atom stereocenters. The molecule has 206 valence electrons. The number of carboxylic acids is 1. The molecule has 41 heavy (non-hydrogen) atoms. The third-order valence-electron chi connectivity index (χ3n) is 7.73. The fourth-order valence-electron chi connectivity index (χ4n) is 5.82. The van der Waals surface area contributed by atoms with Crippen LogP contribution in [0.3, 0.4) is 0 Å².